The average molecular weight is 308 g/mol. The van der Waals surface area contributed by atoms with Crippen molar-refractivity contribution >= 4 is 0 Å². The zero-order valence-corrected chi connectivity index (χ0v) is 10.1. The van der Waals surface area contributed by atoms with Gasteiger partial charge in [0.15, 0.2) is 0 Å². The zero-order chi connectivity index (χ0) is 10.2. The Bertz CT molecular complexity index is 316. The van der Waals surface area contributed by atoms with Crippen molar-refractivity contribution in [1.29, 1.82) is 0 Å². The van der Waals surface area contributed by atoms with Crippen molar-refractivity contribution in [2.45, 2.75) is 0 Å². The molecule has 0 aliphatic heterocycles. The van der Waals surface area contributed by atoms with Gasteiger partial charge in [-0.15, -0.1) is 11.5 Å². The van der Waals surface area contributed by atoms with Crippen molar-refractivity contribution in [3.63, 3.8) is 0 Å². The summed E-state index contributed by atoms with van der Waals surface area (Å²) in [5, 5.41) is 20.5. The molecule has 16 heavy (non-hydrogen) atoms. The third-order valence-corrected chi connectivity index (χ3v) is 1.49. The first-order valence-electron chi connectivity index (χ1n) is 4.23. The second kappa shape index (κ2) is 10.6. The molecule has 2 aromatic rings. The van der Waals surface area contributed by atoms with Crippen LogP contribution in [0.25, 0.3) is 0 Å². The molecular formula is C12H10CuNiO2+2. The molecule has 2 rings (SSSR count). The predicted molar refractivity (Wildman–Crippen MR) is 51.8 cm³/mol. The topological polar surface area (TPSA) is 46.1 Å². The fraction of sp³-hybridized carbons (Fsp3) is 0. The standard InChI is InChI=1S/2C6H6O.Cu.Ni/c2*7-6-4-2-1-3-5-6;;/h2*1-5,7H;;/q;;2*+2/p-2. The van der Waals surface area contributed by atoms with Gasteiger partial charge in [0.25, 0.3) is 0 Å². The van der Waals surface area contributed by atoms with Crippen LogP contribution in [0.15, 0.2) is 60.7 Å². The first kappa shape index (κ1) is 17.4. The molecule has 0 amide bonds. The van der Waals surface area contributed by atoms with Gasteiger partial charge < -0.3 is 10.2 Å². The third-order valence-electron chi connectivity index (χ3n) is 1.49. The van der Waals surface area contributed by atoms with E-state index in [-0.39, 0.29) is 45.1 Å². The molecule has 2 nitrogen and oxygen atoms in total. The minimum absolute atomic E-state index is 0. The largest absolute Gasteiger partial charge is 2.00 e. The van der Waals surface area contributed by atoms with Crippen molar-refractivity contribution in [2.24, 2.45) is 0 Å². The molecule has 0 N–H and O–H groups in total. The third kappa shape index (κ3) is 8.37. The van der Waals surface area contributed by atoms with Crippen LogP contribution in [0.5, 0.6) is 11.5 Å². The smallest absolute Gasteiger partial charge is 0.872 e. The van der Waals surface area contributed by atoms with Gasteiger partial charge in [-0.1, -0.05) is 60.7 Å². The molecule has 0 atom stereocenters. The summed E-state index contributed by atoms with van der Waals surface area (Å²) in [7, 11) is 0. The molecule has 0 aliphatic carbocycles. The normalized spacial score (nSPS) is 7.50. The summed E-state index contributed by atoms with van der Waals surface area (Å²) in [5.74, 6) is 0.144. The molecule has 1 radical (unpaired) electrons. The van der Waals surface area contributed by atoms with E-state index in [0.29, 0.717) is 0 Å². The van der Waals surface area contributed by atoms with E-state index in [2.05, 4.69) is 0 Å². The van der Waals surface area contributed by atoms with E-state index in [4.69, 9.17) is 0 Å². The Morgan fingerprint density at radius 2 is 0.812 bits per heavy atom. The fourth-order valence-electron chi connectivity index (χ4n) is 0.841. The van der Waals surface area contributed by atoms with Crippen LogP contribution in [0.4, 0.5) is 0 Å². The Kier molecular flexibility index (Phi) is 11.5. The minimum atomic E-state index is 0. The van der Waals surface area contributed by atoms with Gasteiger partial charge >= 0.3 is 33.6 Å². The van der Waals surface area contributed by atoms with E-state index in [1.807, 2.05) is 12.1 Å². The molecule has 4 heteroatoms. The molecule has 0 heterocycles. The van der Waals surface area contributed by atoms with E-state index < -0.39 is 0 Å². The molecule has 0 unspecified atom stereocenters. The van der Waals surface area contributed by atoms with Crippen molar-refractivity contribution in [1.82, 2.24) is 0 Å². The van der Waals surface area contributed by atoms with Gasteiger partial charge in [-0.25, -0.2) is 0 Å². The average Bonchev–Trinajstić information content (AvgIpc) is 2.21. The molecular weight excluding hydrogens is 298 g/mol. The van der Waals surface area contributed by atoms with Crippen molar-refractivity contribution in [3.05, 3.63) is 60.7 Å². The first-order chi connectivity index (χ1) is 6.79. The van der Waals surface area contributed by atoms with Crippen LogP contribution in [0.2, 0.25) is 0 Å². The van der Waals surface area contributed by atoms with Crippen LogP contribution in [0, 0.1) is 0 Å². The second-order valence-corrected chi connectivity index (χ2v) is 2.63. The van der Waals surface area contributed by atoms with Crippen molar-refractivity contribution in [3.8, 4) is 11.5 Å². The van der Waals surface area contributed by atoms with Crippen LogP contribution < -0.4 is 10.2 Å². The monoisotopic (exact) mass is 307 g/mol. The van der Waals surface area contributed by atoms with Crippen LogP contribution in [-0.4, -0.2) is 0 Å². The van der Waals surface area contributed by atoms with Crippen LogP contribution >= 0.6 is 0 Å². The first-order valence-corrected chi connectivity index (χ1v) is 4.23. The van der Waals surface area contributed by atoms with E-state index in [0.717, 1.165) is 0 Å². The Morgan fingerprint density at radius 1 is 0.562 bits per heavy atom. The number of para-hydroxylation sites is 2. The minimum Gasteiger partial charge on any atom is -0.872 e. The maximum absolute atomic E-state index is 10.3. The van der Waals surface area contributed by atoms with Gasteiger partial charge in [-0.05, 0) is 0 Å². The van der Waals surface area contributed by atoms with Crippen LogP contribution in [0.3, 0.4) is 0 Å². The maximum atomic E-state index is 10.3. The predicted octanol–water partition coefficient (Wildman–Crippen LogP) is 1.52. The molecule has 0 saturated carbocycles. The van der Waals surface area contributed by atoms with Crippen molar-refractivity contribution in [2.75, 3.05) is 0 Å². The molecule has 0 aromatic heterocycles. The molecule has 0 spiro atoms. The Hall–Kier alpha value is -0.947. The van der Waals surface area contributed by atoms with Crippen LogP contribution in [-0.2, 0) is 33.6 Å². The van der Waals surface area contributed by atoms with Gasteiger partial charge in [0.2, 0.25) is 0 Å². The summed E-state index contributed by atoms with van der Waals surface area (Å²) in [5.41, 5.74) is 0. The maximum Gasteiger partial charge on any atom is 2.00 e. The molecule has 89 valence electrons. The van der Waals surface area contributed by atoms with Gasteiger partial charge in [-0.2, -0.15) is 0 Å². The van der Waals surface area contributed by atoms with E-state index >= 15 is 0 Å². The summed E-state index contributed by atoms with van der Waals surface area (Å²) >= 11 is 0. The number of hydrogen-bond acceptors (Lipinski definition) is 2. The van der Waals surface area contributed by atoms with Crippen molar-refractivity contribution < 1.29 is 43.8 Å². The quantitative estimate of drug-likeness (QED) is 0.693. The Balaban J connectivity index is 0. The molecule has 0 saturated heterocycles. The number of benzene rings is 2. The Morgan fingerprint density at radius 3 is 0.938 bits per heavy atom. The molecule has 0 bridgehead atoms. The van der Waals surface area contributed by atoms with Gasteiger partial charge in [-0.3, -0.25) is 0 Å². The molecule has 2 aromatic carbocycles. The van der Waals surface area contributed by atoms with Gasteiger partial charge in [0.1, 0.15) is 0 Å². The van der Waals surface area contributed by atoms with Crippen LogP contribution in [0.1, 0.15) is 0 Å². The van der Waals surface area contributed by atoms with Gasteiger partial charge in [0, 0.05) is 0 Å². The van der Waals surface area contributed by atoms with E-state index in [9.17, 15) is 10.2 Å². The Labute approximate surface area is 116 Å². The van der Waals surface area contributed by atoms with Gasteiger partial charge in [0.05, 0.1) is 0 Å². The second-order valence-electron chi connectivity index (χ2n) is 2.63. The summed E-state index contributed by atoms with van der Waals surface area (Å²) in [6.45, 7) is 0. The summed E-state index contributed by atoms with van der Waals surface area (Å²) in [6.07, 6.45) is 0. The molecule has 0 aliphatic rings. The summed E-state index contributed by atoms with van der Waals surface area (Å²) in [6, 6.07) is 16.7. The summed E-state index contributed by atoms with van der Waals surface area (Å²) < 4.78 is 0. The van der Waals surface area contributed by atoms with E-state index in [1.54, 1.807) is 24.3 Å². The number of rotatable bonds is 0. The summed E-state index contributed by atoms with van der Waals surface area (Å²) in [4.78, 5) is 0. The SMILES string of the molecule is [Cu+2].[Ni+2].[O-]c1ccccc1.[O-]c1ccccc1. The fourth-order valence-corrected chi connectivity index (χ4v) is 0.841. The molecule has 0 fully saturated rings. The zero-order valence-electron chi connectivity index (χ0n) is 8.21. The van der Waals surface area contributed by atoms with E-state index in [1.165, 1.54) is 24.3 Å². The number of hydrogen-bond donors (Lipinski definition) is 0.